The molecule has 1 atom stereocenters. The zero-order valence-electron chi connectivity index (χ0n) is 14.0. The fourth-order valence-electron chi connectivity index (χ4n) is 3.03. The third kappa shape index (κ3) is 4.09. The number of hydrogen-bond acceptors (Lipinski definition) is 6. The van der Waals surface area contributed by atoms with Crippen molar-refractivity contribution in [2.24, 2.45) is 0 Å². The van der Waals surface area contributed by atoms with Crippen LogP contribution in [0.4, 0.5) is 0 Å². The van der Waals surface area contributed by atoms with Gasteiger partial charge in [-0.1, -0.05) is 11.2 Å². The molecular weight excluding hydrogens is 292 g/mol. The Morgan fingerprint density at radius 1 is 1.30 bits per heavy atom. The Kier molecular flexibility index (Phi) is 4.93. The van der Waals surface area contributed by atoms with E-state index in [1.165, 1.54) is 0 Å². The molecule has 1 aliphatic rings. The molecule has 2 aromatic rings. The maximum Gasteiger partial charge on any atom is 0.213 e. The fourth-order valence-corrected chi connectivity index (χ4v) is 3.03. The van der Waals surface area contributed by atoms with Crippen molar-refractivity contribution in [1.29, 1.82) is 0 Å². The van der Waals surface area contributed by atoms with Crippen LogP contribution in [0.25, 0.3) is 0 Å². The summed E-state index contributed by atoms with van der Waals surface area (Å²) in [5.41, 5.74) is 1.99. The van der Waals surface area contributed by atoms with E-state index in [0.717, 1.165) is 49.9 Å². The summed E-state index contributed by atoms with van der Waals surface area (Å²) >= 11 is 0. The molecule has 1 saturated heterocycles. The summed E-state index contributed by atoms with van der Waals surface area (Å²) < 4.78 is 10.5. The van der Waals surface area contributed by atoms with Crippen molar-refractivity contribution >= 4 is 0 Å². The third-order valence-corrected chi connectivity index (χ3v) is 4.26. The van der Waals surface area contributed by atoms with Gasteiger partial charge in [0.15, 0.2) is 5.76 Å². The van der Waals surface area contributed by atoms with Crippen LogP contribution in [0.2, 0.25) is 0 Å². The molecule has 3 heterocycles. The van der Waals surface area contributed by atoms with E-state index in [4.69, 9.17) is 9.26 Å². The maximum absolute atomic E-state index is 5.32. The highest BCUT2D eigenvalue weighted by atomic mass is 16.5. The van der Waals surface area contributed by atoms with Crippen molar-refractivity contribution in [3.8, 4) is 5.88 Å². The number of pyridine rings is 1. The predicted molar refractivity (Wildman–Crippen MR) is 87.2 cm³/mol. The molecule has 1 aliphatic heterocycles. The van der Waals surface area contributed by atoms with Crippen LogP contribution < -0.4 is 4.74 Å². The topological polar surface area (TPSA) is 54.6 Å². The van der Waals surface area contributed by atoms with E-state index in [2.05, 4.69) is 32.9 Å². The summed E-state index contributed by atoms with van der Waals surface area (Å²) in [4.78, 5) is 9.39. The average molecular weight is 316 g/mol. The van der Waals surface area contributed by atoms with Gasteiger partial charge in [-0.15, -0.1) is 0 Å². The zero-order valence-corrected chi connectivity index (χ0v) is 14.0. The van der Waals surface area contributed by atoms with Crippen LogP contribution in [0.15, 0.2) is 28.8 Å². The number of piperazine rings is 1. The first-order chi connectivity index (χ1) is 11.1. The molecule has 23 heavy (non-hydrogen) atoms. The number of rotatable bonds is 5. The predicted octanol–water partition coefficient (Wildman–Crippen LogP) is 2.09. The van der Waals surface area contributed by atoms with E-state index in [9.17, 15) is 0 Å². The standard InChI is InChI=1S/C17H24N4O2/c1-13-9-16(23-19-13)12-20-7-8-21(14(2)10-20)11-15-5-4-6-17(18-15)22-3/h4-6,9,14H,7-8,10-12H2,1-3H3. The molecule has 0 aliphatic carbocycles. The van der Waals surface area contributed by atoms with Gasteiger partial charge < -0.3 is 9.26 Å². The highest BCUT2D eigenvalue weighted by Crippen LogP contribution is 2.17. The molecule has 0 N–H and O–H groups in total. The lowest BCUT2D eigenvalue weighted by atomic mass is 10.1. The number of hydrogen-bond donors (Lipinski definition) is 0. The van der Waals surface area contributed by atoms with Crippen molar-refractivity contribution in [2.75, 3.05) is 26.7 Å². The first-order valence-electron chi connectivity index (χ1n) is 8.02. The molecule has 2 aromatic heterocycles. The van der Waals surface area contributed by atoms with E-state index < -0.39 is 0 Å². The number of aryl methyl sites for hydroxylation is 1. The van der Waals surface area contributed by atoms with Crippen LogP contribution in [-0.2, 0) is 13.1 Å². The van der Waals surface area contributed by atoms with Gasteiger partial charge in [0.2, 0.25) is 5.88 Å². The zero-order chi connectivity index (χ0) is 16.2. The Morgan fingerprint density at radius 2 is 2.17 bits per heavy atom. The SMILES string of the molecule is COc1cccc(CN2CCN(Cc3cc(C)no3)CC2C)n1. The minimum atomic E-state index is 0.473. The van der Waals surface area contributed by atoms with Crippen LogP contribution in [0.1, 0.15) is 24.1 Å². The molecular formula is C17H24N4O2. The lowest BCUT2D eigenvalue weighted by molar-refractivity contribution is 0.0669. The Labute approximate surface area is 137 Å². The molecule has 0 spiro atoms. The summed E-state index contributed by atoms with van der Waals surface area (Å²) in [6.45, 7) is 8.96. The molecule has 0 saturated carbocycles. The smallest absolute Gasteiger partial charge is 0.213 e. The molecule has 6 nitrogen and oxygen atoms in total. The molecule has 0 aromatic carbocycles. The van der Waals surface area contributed by atoms with E-state index in [1.807, 2.05) is 25.1 Å². The minimum absolute atomic E-state index is 0.473. The van der Waals surface area contributed by atoms with E-state index >= 15 is 0 Å². The molecule has 0 bridgehead atoms. The molecule has 6 heteroatoms. The second-order valence-electron chi connectivity index (χ2n) is 6.16. The van der Waals surface area contributed by atoms with Crippen molar-refractivity contribution < 1.29 is 9.26 Å². The Bertz CT molecular complexity index is 643. The second-order valence-corrected chi connectivity index (χ2v) is 6.16. The van der Waals surface area contributed by atoms with Gasteiger partial charge in [0.1, 0.15) is 0 Å². The average Bonchev–Trinajstić information content (AvgIpc) is 2.95. The van der Waals surface area contributed by atoms with Crippen LogP contribution in [-0.4, -0.2) is 52.7 Å². The third-order valence-electron chi connectivity index (χ3n) is 4.26. The summed E-state index contributed by atoms with van der Waals surface area (Å²) in [5, 5.41) is 3.96. The van der Waals surface area contributed by atoms with Gasteiger partial charge in [0, 0.05) is 44.4 Å². The van der Waals surface area contributed by atoms with Gasteiger partial charge in [0.25, 0.3) is 0 Å². The number of nitrogens with zero attached hydrogens (tertiary/aromatic N) is 4. The van der Waals surface area contributed by atoms with Gasteiger partial charge in [-0.05, 0) is 19.9 Å². The number of aromatic nitrogens is 2. The summed E-state index contributed by atoms with van der Waals surface area (Å²) in [6.07, 6.45) is 0. The molecule has 1 unspecified atom stereocenters. The van der Waals surface area contributed by atoms with E-state index in [0.29, 0.717) is 11.9 Å². The van der Waals surface area contributed by atoms with Crippen molar-refractivity contribution in [1.82, 2.24) is 19.9 Å². The Morgan fingerprint density at radius 3 is 2.87 bits per heavy atom. The lowest BCUT2D eigenvalue weighted by Gasteiger charge is -2.39. The molecule has 0 amide bonds. The lowest BCUT2D eigenvalue weighted by Crippen LogP contribution is -2.50. The number of ether oxygens (including phenoxy) is 1. The quantitative estimate of drug-likeness (QED) is 0.842. The molecule has 0 radical (unpaired) electrons. The fraction of sp³-hybridized carbons (Fsp3) is 0.529. The van der Waals surface area contributed by atoms with Crippen LogP contribution >= 0.6 is 0 Å². The molecule has 3 rings (SSSR count). The van der Waals surface area contributed by atoms with Crippen molar-refractivity contribution in [3.63, 3.8) is 0 Å². The van der Waals surface area contributed by atoms with E-state index in [-0.39, 0.29) is 0 Å². The summed E-state index contributed by atoms with van der Waals surface area (Å²) in [7, 11) is 1.65. The van der Waals surface area contributed by atoms with Crippen molar-refractivity contribution in [3.05, 3.63) is 41.4 Å². The Hall–Kier alpha value is -1.92. The van der Waals surface area contributed by atoms with Gasteiger partial charge in [0.05, 0.1) is 25.0 Å². The highest BCUT2D eigenvalue weighted by molar-refractivity contribution is 5.15. The van der Waals surface area contributed by atoms with E-state index in [1.54, 1.807) is 7.11 Å². The van der Waals surface area contributed by atoms with Crippen LogP contribution in [0, 0.1) is 6.92 Å². The van der Waals surface area contributed by atoms with Crippen LogP contribution in [0.5, 0.6) is 5.88 Å². The van der Waals surface area contributed by atoms with Crippen molar-refractivity contribution in [2.45, 2.75) is 33.0 Å². The van der Waals surface area contributed by atoms with Gasteiger partial charge in [-0.2, -0.15) is 0 Å². The van der Waals surface area contributed by atoms with Gasteiger partial charge in [-0.25, -0.2) is 4.98 Å². The normalized spacial score (nSPS) is 19.9. The van der Waals surface area contributed by atoms with Crippen LogP contribution in [0.3, 0.4) is 0 Å². The first kappa shape index (κ1) is 16.0. The summed E-state index contributed by atoms with van der Waals surface area (Å²) in [6, 6.07) is 8.41. The largest absolute Gasteiger partial charge is 0.481 e. The monoisotopic (exact) mass is 316 g/mol. The minimum Gasteiger partial charge on any atom is -0.481 e. The first-order valence-corrected chi connectivity index (χ1v) is 8.02. The molecule has 124 valence electrons. The highest BCUT2D eigenvalue weighted by Gasteiger charge is 2.24. The second kappa shape index (κ2) is 7.10. The van der Waals surface area contributed by atoms with Gasteiger partial charge >= 0.3 is 0 Å². The maximum atomic E-state index is 5.32. The summed E-state index contributed by atoms with van der Waals surface area (Å²) in [5.74, 6) is 1.62. The number of methoxy groups -OCH3 is 1. The molecule has 1 fully saturated rings. The Balaban J connectivity index is 1.55. The van der Waals surface area contributed by atoms with Gasteiger partial charge in [-0.3, -0.25) is 9.80 Å².